The minimum absolute atomic E-state index is 0.0717. The third-order valence-corrected chi connectivity index (χ3v) is 12.0. The molecular formula is C33H34O5S. The molecule has 3 saturated carbocycles. The molecule has 0 aromatic heterocycles. The number of aryl methyl sites for hydroxylation is 2. The molecule has 1 spiro atoms. The maximum Gasteiger partial charge on any atom is 0.344 e. The van der Waals surface area contributed by atoms with Crippen LogP contribution < -0.4 is 4.74 Å². The largest absolute Gasteiger partial charge is 0.481 e. The van der Waals surface area contributed by atoms with Crippen LogP contribution in [0.5, 0.6) is 5.75 Å². The summed E-state index contributed by atoms with van der Waals surface area (Å²) in [7, 11) is -0.726. The second-order valence-electron chi connectivity index (χ2n) is 11.8. The average Bonchev–Trinajstić information content (AvgIpc) is 3.16. The van der Waals surface area contributed by atoms with Crippen molar-refractivity contribution in [2.24, 2.45) is 23.2 Å². The summed E-state index contributed by atoms with van der Waals surface area (Å²) in [5, 5.41) is 0. The Morgan fingerprint density at radius 1 is 0.923 bits per heavy atom. The van der Waals surface area contributed by atoms with E-state index in [0.29, 0.717) is 5.92 Å². The van der Waals surface area contributed by atoms with Gasteiger partial charge in [-0.3, -0.25) is 4.79 Å². The Labute approximate surface area is 232 Å². The molecule has 4 fully saturated rings. The molecular weight excluding hydrogens is 508 g/mol. The summed E-state index contributed by atoms with van der Waals surface area (Å²) < 4.78 is 17.8. The van der Waals surface area contributed by atoms with Crippen LogP contribution in [0.2, 0.25) is 0 Å². The van der Waals surface area contributed by atoms with Crippen LogP contribution in [-0.4, -0.2) is 30.8 Å². The van der Waals surface area contributed by atoms with Gasteiger partial charge in [-0.25, -0.2) is 4.79 Å². The number of esters is 2. The second kappa shape index (κ2) is 9.44. The van der Waals surface area contributed by atoms with Gasteiger partial charge in [0.1, 0.15) is 18.0 Å². The van der Waals surface area contributed by atoms with E-state index in [2.05, 4.69) is 60.7 Å². The summed E-state index contributed by atoms with van der Waals surface area (Å²) >= 11 is 0. The van der Waals surface area contributed by atoms with E-state index >= 15 is 0 Å². The Balaban J connectivity index is 1.07. The lowest BCUT2D eigenvalue weighted by molar-refractivity contribution is -0.221. The first-order valence-electron chi connectivity index (χ1n) is 14.0. The van der Waals surface area contributed by atoms with Gasteiger partial charge in [-0.15, -0.1) is 0 Å². The molecule has 0 amide bonds. The Kier molecular flexibility index (Phi) is 6.00. The van der Waals surface area contributed by atoms with Crippen LogP contribution in [0.15, 0.2) is 87.5 Å². The predicted molar refractivity (Wildman–Crippen MR) is 149 cm³/mol. The lowest BCUT2D eigenvalue weighted by Crippen LogP contribution is -2.60. The van der Waals surface area contributed by atoms with Crippen molar-refractivity contribution in [3.8, 4) is 5.75 Å². The highest BCUT2D eigenvalue weighted by atomic mass is 32.2. The minimum Gasteiger partial charge on any atom is -0.481 e. The number of carbonyl (C=O) groups is 2. The molecule has 6 heteroatoms. The highest BCUT2D eigenvalue weighted by molar-refractivity contribution is 8.17. The second-order valence-corrected chi connectivity index (χ2v) is 14.0. The minimum atomic E-state index is -0.726. The molecule has 0 N–H and O–H groups in total. The first-order valence-corrected chi connectivity index (χ1v) is 15.3. The van der Waals surface area contributed by atoms with Crippen molar-refractivity contribution in [2.75, 3.05) is 6.61 Å². The van der Waals surface area contributed by atoms with Crippen molar-refractivity contribution in [3.05, 3.63) is 83.9 Å². The van der Waals surface area contributed by atoms with Crippen molar-refractivity contribution in [1.82, 2.24) is 0 Å². The van der Waals surface area contributed by atoms with Crippen LogP contribution in [0, 0.1) is 37.0 Å². The van der Waals surface area contributed by atoms with Crippen LogP contribution in [0.4, 0.5) is 0 Å². The Morgan fingerprint density at radius 3 is 2.21 bits per heavy atom. The van der Waals surface area contributed by atoms with Gasteiger partial charge in [-0.1, -0.05) is 36.4 Å². The van der Waals surface area contributed by atoms with Crippen molar-refractivity contribution in [1.29, 1.82) is 0 Å². The fourth-order valence-electron chi connectivity index (χ4n) is 7.94. The van der Waals surface area contributed by atoms with E-state index in [1.165, 1.54) is 14.7 Å². The highest BCUT2D eigenvalue weighted by Gasteiger charge is 2.71. The van der Waals surface area contributed by atoms with Crippen molar-refractivity contribution < 1.29 is 23.8 Å². The van der Waals surface area contributed by atoms with Crippen LogP contribution in [0.3, 0.4) is 0 Å². The SMILES string of the molecule is Cc1cc([SH](c2ccccc2)c2ccccc2)cc(C)c1OCC(=O)OC1C2CC3CC4C(=O)OC1CC34C2. The zero-order valence-electron chi connectivity index (χ0n) is 22.3. The summed E-state index contributed by atoms with van der Waals surface area (Å²) in [6.07, 6.45) is 3.14. The summed E-state index contributed by atoms with van der Waals surface area (Å²) in [5.41, 5.74) is 2.12. The molecule has 4 aliphatic rings. The molecule has 3 aromatic carbocycles. The molecule has 3 bridgehead atoms. The zero-order chi connectivity index (χ0) is 26.7. The lowest BCUT2D eigenvalue weighted by atomic mass is 9.50. The number of rotatable bonds is 7. The predicted octanol–water partition coefficient (Wildman–Crippen LogP) is 6.43. The lowest BCUT2D eigenvalue weighted by Gasteiger charge is -2.57. The van der Waals surface area contributed by atoms with Gasteiger partial charge in [0.2, 0.25) is 0 Å². The molecule has 1 saturated heterocycles. The average molecular weight is 543 g/mol. The van der Waals surface area contributed by atoms with Gasteiger partial charge in [0.25, 0.3) is 0 Å². The molecule has 6 atom stereocenters. The molecule has 7 rings (SSSR count). The zero-order valence-corrected chi connectivity index (χ0v) is 23.2. The van der Waals surface area contributed by atoms with E-state index in [1.54, 1.807) is 0 Å². The molecule has 5 nitrogen and oxygen atoms in total. The number of ether oxygens (including phenoxy) is 3. The number of hydrogen-bond donors (Lipinski definition) is 1. The quantitative estimate of drug-likeness (QED) is 0.275. The van der Waals surface area contributed by atoms with Gasteiger partial charge in [-0.2, -0.15) is 10.9 Å². The number of benzene rings is 3. The first kappa shape index (κ1) is 24.8. The van der Waals surface area contributed by atoms with Crippen molar-refractivity contribution >= 4 is 22.8 Å². The number of hydrogen-bond acceptors (Lipinski definition) is 5. The Morgan fingerprint density at radius 2 is 1.56 bits per heavy atom. The smallest absolute Gasteiger partial charge is 0.344 e. The fraction of sp³-hybridized carbons (Fsp3) is 0.394. The summed E-state index contributed by atoms with van der Waals surface area (Å²) in [5.74, 6) is 1.19. The van der Waals surface area contributed by atoms with Gasteiger partial charge in [0.05, 0.1) is 5.92 Å². The van der Waals surface area contributed by atoms with E-state index in [4.69, 9.17) is 14.2 Å². The van der Waals surface area contributed by atoms with Crippen molar-refractivity contribution in [3.63, 3.8) is 0 Å². The van der Waals surface area contributed by atoms with E-state index in [-0.39, 0.29) is 42.0 Å². The number of thiol groups is 1. The van der Waals surface area contributed by atoms with Gasteiger partial charge in [0, 0.05) is 5.92 Å². The Bertz CT molecular complexity index is 1360. The van der Waals surface area contributed by atoms with E-state index in [0.717, 1.165) is 42.6 Å². The van der Waals surface area contributed by atoms with Crippen LogP contribution in [-0.2, 0) is 19.1 Å². The summed E-state index contributed by atoms with van der Waals surface area (Å²) in [4.78, 5) is 29.3. The van der Waals surface area contributed by atoms with Gasteiger partial charge >= 0.3 is 11.9 Å². The van der Waals surface area contributed by atoms with Gasteiger partial charge < -0.3 is 14.2 Å². The molecule has 3 aliphatic carbocycles. The van der Waals surface area contributed by atoms with Crippen LogP contribution in [0.1, 0.15) is 36.8 Å². The summed E-state index contributed by atoms with van der Waals surface area (Å²) in [6, 6.07) is 25.6. The van der Waals surface area contributed by atoms with E-state index in [1.807, 2.05) is 26.0 Å². The Hall–Kier alpha value is -3.25. The molecule has 1 heterocycles. The highest BCUT2D eigenvalue weighted by Crippen LogP contribution is 2.71. The molecule has 39 heavy (non-hydrogen) atoms. The standard InChI is InChI=1S/C33H34O5S/c1-20-13-26(39(24-9-5-3-6-10-24)25-11-7-4-8-12-25)14-21(2)30(20)36-19-29(34)38-31-22-15-23-16-27-32(35)37-28(31)18-33(23,27)17-22/h3-14,22-23,27-28,31,39H,15-19H2,1-2H3. The molecule has 0 radical (unpaired) electrons. The monoisotopic (exact) mass is 542 g/mol. The number of fused-ring (bicyclic) bond motifs is 2. The third kappa shape index (κ3) is 4.07. The van der Waals surface area contributed by atoms with Gasteiger partial charge in [0.15, 0.2) is 6.61 Å². The number of carbonyl (C=O) groups excluding carboxylic acids is 2. The molecule has 1 aliphatic heterocycles. The van der Waals surface area contributed by atoms with E-state index in [9.17, 15) is 9.59 Å². The maximum absolute atomic E-state index is 13.0. The van der Waals surface area contributed by atoms with Crippen LogP contribution >= 0.6 is 10.9 Å². The van der Waals surface area contributed by atoms with Crippen molar-refractivity contribution in [2.45, 2.75) is 66.4 Å². The first-order chi connectivity index (χ1) is 18.9. The maximum atomic E-state index is 13.0. The summed E-state index contributed by atoms with van der Waals surface area (Å²) in [6.45, 7) is 3.91. The molecule has 202 valence electrons. The normalized spacial score (nSPS) is 30.2. The molecule has 3 aromatic rings. The van der Waals surface area contributed by atoms with E-state index < -0.39 is 16.9 Å². The topological polar surface area (TPSA) is 61.8 Å². The molecule has 6 unspecified atom stereocenters. The fourth-order valence-corrected chi connectivity index (χ4v) is 10.4. The van der Waals surface area contributed by atoms with Gasteiger partial charge in [-0.05, 0) is 113 Å². The third-order valence-electron chi connectivity index (χ3n) is 9.56. The van der Waals surface area contributed by atoms with Crippen LogP contribution in [0.25, 0.3) is 0 Å².